The summed E-state index contributed by atoms with van der Waals surface area (Å²) in [6, 6.07) is 1.02. The molecule has 0 bridgehead atoms. The quantitative estimate of drug-likeness (QED) is 0.726. The first-order chi connectivity index (χ1) is 10.3. The number of rotatable bonds is 6. The lowest BCUT2D eigenvalue weighted by Crippen LogP contribution is -2.54. The van der Waals surface area contributed by atoms with E-state index in [-0.39, 0.29) is 0 Å². The number of piperidine rings is 1. The highest BCUT2D eigenvalue weighted by molar-refractivity contribution is 5.77. The number of carbonyl (C=O) groups excluding carboxylic acids is 1. The maximum atomic E-state index is 12.3. The second kappa shape index (κ2) is 7.07. The zero-order valence-electron chi connectivity index (χ0n) is 13.3. The fourth-order valence-corrected chi connectivity index (χ4v) is 4.27. The van der Waals surface area contributed by atoms with Gasteiger partial charge in [0.1, 0.15) is 0 Å². The topological polar surface area (TPSA) is 36.0 Å². The number of carbonyl (C=O) groups is 1. The van der Waals surface area contributed by atoms with Gasteiger partial charge in [-0.05, 0) is 38.8 Å². The van der Waals surface area contributed by atoms with Crippen molar-refractivity contribution in [3.63, 3.8) is 0 Å². The van der Waals surface area contributed by atoms with Crippen LogP contribution < -0.4 is 0 Å². The molecule has 2 unspecified atom stereocenters. The molecule has 0 N–H and O–H groups in total. The fraction of sp³-hybridized carbons (Fsp3) is 0.938. The number of amides is 1. The van der Waals surface area contributed by atoms with Gasteiger partial charge in [0.25, 0.3) is 0 Å². The second-order valence-electron chi connectivity index (χ2n) is 6.63. The molecule has 3 aliphatic rings. The lowest BCUT2D eigenvalue weighted by Gasteiger charge is -2.40. The minimum Gasteiger partial charge on any atom is -0.383 e. The van der Waals surface area contributed by atoms with Crippen molar-refractivity contribution in [1.29, 1.82) is 0 Å². The predicted molar refractivity (Wildman–Crippen MR) is 82.3 cm³/mol. The van der Waals surface area contributed by atoms with Crippen molar-refractivity contribution in [2.75, 3.05) is 53.0 Å². The molecule has 3 heterocycles. The molecule has 0 aliphatic carbocycles. The monoisotopic (exact) mass is 295 g/mol. The number of ether oxygens (including phenoxy) is 1. The Bertz CT molecular complexity index is 357. The molecule has 0 radical (unpaired) electrons. The van der Waals surface area contributed by atoms with E-state index in [2.05, 4.69) is 14.7 Å². The van der Waals surface area contributed by atoms with Crippen molar-refractivity contribution in [1.82, 2.24) is 14.7 Å². The van der Waals surface area contributed by atoms with Gasteiger partial charge in [0.05, 0.1) is 6.61 Å². The molecule has 0 aromatic heterocycles. The molecule has 3 aliphatic heterocycles. The summed E-state index contributed by atoms with van der Waals surface area (Å²) in [7, 11) is 1.76. The van der Waals surface area contributed by atoms with Crippen molar-refractivity contribution < 1.29 is 9.53 Å². The van der Waals surface area contributed by atoms with E-state index in [9.17, 15) is 4.79 Å². The third kappa shape index (κ3) is 3.41. The predicted octanol–water partition coefficient (Wildman–Crippen LogP) is 0.794. The Hall–Kier alpha value is -0.650. The summed E-state index contributed by atoms with van der Waals surface area (Å²) in [5.41, 5.74) is 0. The van der Waals surface area contributed by atoms with Gasteiger partial charge in [-0.15, -0.1) is 0 Å². The maximum Gasteiger partial charge on any atom is 0.222 e. The van der Waals surface area contributed by atoms with Crippen molar-refractivity contribution in [2.24, 2.45) is 0 Å². The highest BCUT2D eigenvalue weighted by Gasteiger charge is 2.42. The van der Waals surface area contributed by atoms with E-state index in [1.54, 1.807) is 7.11 Å². The van der Waals surface area contributed by atoms with Crippen LogP contribution in [0.4, 0.5) is 0 Å². The molecule has 0 aromatic carbocycles. The smallest absolute Gasteiger partial charge is 0.222 e. The van der Waals surface area contributed by atoms with E-state index < -0.39 is 0 Å². The molecule has 21 heavy (non-hydrogen) atoms. The summed E-state index contributed by atoms with van der Waals surface area (Å²) >= 11 is 0. The van der Waals surface area contributed by atoms with E-state index in [4.69, 9.17) is 4.74 Å². The standard InChI is InChI=1S/C16H29N3O2/c1-21-13-12-18-9-6-15-14(18)4-5-16(20)19(15)11-10-17-7-2-3-8-17/h14-15H,2-13H2,1H3. The third-order valence-corrected chi connectivity index (χ3v) is 5.44. The number of methoxy groups -OCH3 is 1. The largest absolute Gasteiger partial charge is 0.383 e. The van der Waals surface area contributed by atoms with Gasteiger partial charge in [0.2, 0.25) is 5.91 Å². The van der Waals surface area contributed by atoms with E-state index in [0.717, 1.165) is 52.0 Å². The van der Waals surface area contributed by atoms with Gasteiger partial charge in [-0.25, -0.2) is 0 Å². The molecule has 0 saturated carbocycles. The van der Waals surface area contributed by atoms with Gasteiger partial charge in [-0.2, -0.15) is 0 Å². The molecular weight excluding hydrogens is 266 g/mol. The lowest BCUT2D eigenvalue weighted by atomic mass is 9.96. The minimum absolute atomic E-state index is 0.379. The Labute approximate surface area is 128 Å². The van der Waals surface area contributed by atoms with Crippen LogP contribution in [-0.2, 0) is 9.53 Å². The Morgan fingerprint density at radius 3 is 2.62 bits per heavy atom. The molecule has 0 spiro atoms. The van der Waals surface area contributed by atoms with Crippen LogP contribution in [0, 0.1) is 0 Å². The SMILES string of the molecule is COCCN1CCC2C1CCC(=O)N2CCN1CCCC1. The van der Waals surface area contributed by atoms with Crippen LogP contribution in [0.3, 0.4) is 0 Å². The summed E-state index contributed by atoms with van der Waals surface area (Å²) in [5.74, 6) is 0.379. The second-order valence-corrected chi connectivity index (χ2v) is 6.63. The van der Waals surface area contributed by atoms with E-state index in [1.165, 1.54) is 25.9 Å². The first kappa shape index (κ1) is 15.3. The van der Waals surface area contributed by atoms with Crippen molar-refractivity contribution in [2.45, 2.75) is 44.2 Å². The van der Waals surface area contributed by atoms with Crippen molar-refractivity contribution >= 4 is 5.91 Å². The maximum absolute atomic E-state index is 12.3. The normalized spacial score (nSPS) is 31.1. The molecule has 5 heteroatoms. The van der Waals surface area contributed by atoms with Crippen LogP contribution in [0.1, 0.15) is 32.1 Å². The Kier molecular flexibility index (Phi) is 5.14. The molecule has 3 fully saturated rings. The molecular formula is C16H29N3O2. The molecule has 3 rings (SSSR count). The zero-order chi connectivity index (χ0) is 14.7. The summed E-state index contributed by atoms with van der Waals surface area (Å²) in [6.07, 6.45) is 5.55. The molecule has 1 amide bonds. The Morgan fingerprint density at radius 1 is 1.05 bits per heavy atom. The number of hydrogen-bond donors (Lipinski definition) is 0. The van der Waals surface area contributed by atoms with E-state index >= 15 is 0 Å². The van der Waals surface area contributed by atoms with Crippen LogP contribution in [0.15, 0.2) is 0 Å². The van der Waals surface area contributed by atoms with Crippen LogP contribution in [-0.4, -0.2) is 85.7 Å². The average Bonchev–Trinajstić information content (AvgIpc) is 3.13. The summed E-state index contributed by atoms with van der Waals surface area (Å²) in [5, 5.41) is 0. The molecule has 5 nitrogen and oxygen atoms in total. The van der Waals surface area contributed by atoms with Crippen molar-refractivity contribution in [3.8, 4) is 0 Å². The molecule has 3 saturated heterocycles. The van der Waals surface area contributed by atoms with Gasteiger partial charge in [-0.1, -0.05) is 0 Å². The summed E-state index contributed by atoms with van der Waals surface area (Å²) in [4.78, 5) is 19.6. The van der Waals surface area contributed by atoms with E-state index in [0.29, 0.717) is 18.0 Å². The van der Waals surface area contributed by atoms with Crippen LogP contribution >= 0.6 is 0 Å². The number of hydrogen-bond acceptors (Lipinski definition) is 4. The highest BCUT2D eigenvalue weighted by atomic mass is 16.5. The highest BCUT2D eigenvalue weighted by Crippen LogP contribution is 2.31. The number of likely N-dealkylation sites (tertiary alicyclic amines) is 3. The van der Waals surface area contributed by atoms with Gasteiger partial charge >= 0.3 is 0 Å². The van der Waals surface area contributed by atoms with Crippen molar-refractivity contribution in [3.05, 3.63) is 0 Å². The van der Waals surface area contributed by atoms with E-state index in [1.807, 2.05) is 0 Å². The van der Waals surface area contributed by atoms with Gasteiger partial charge < -0.3 is 14.5 Å². The van der Waals surface area contributed by atoms with Crippen LogP contribution in [0.2, 0.25) is 0 Å². The zero-order valence-corrected chi connectivity index (χ0v) is 13.3. The Morgan fingerprint density at radius 2 is 1.86 bits per heavy atom. The van der Waals surface area contributed by atoms with Crippen LogP contribution in [0.25, 0.3) is 0 Å². The summed E-state index contributed by atoms with van der Waals surface area (Å²) < 4.78 is 5.22. The van der Waals surface area contributed by atoms with Crippen LogP contribution in [0.5, 0.6) is 0 Å². The Balaban J connectivity index is 1.56. The van der Waals surface area contributed by atoms with Gasteiger partial charge in [0.15, 0.2) is 0 Å². The molecule has 120 valence electrons. The first-order valence-electron chi connectivity index (χ1n) is 8.54. The summed E-state index contributed by atoms with van der Waals surface area (Å²) in [6.45, 7) is 7.35. The number of fused-ring (bicyclic) bond motifs is 1. The fourth-order valence-electron chi connectivity index (χ4n) is 4.27. The third-order valence-electron chi connectivity index (χ3n) is 5.44. The van der Waals surface area contributed by atoms with Gasteiger partial charge in [0, 0.05) is 51.8 Å². The minimum atomic E-state index is 0.379. The first-order valence-corrected chi connectivity index (χ1v) is 8.54. The molecule has 0 aromatic rings. The average molecular weight is 295 g/mol. The lowest BCUT2D eigenvalue weighted by molar-refractivity contribution is -0.137. The van der Waals surface area contributed by atoms with Gasteiger partial charge in [-0.3, -0.25) is 9.69 Å². The number of nitrogens with zero attached hydrogens (tertiary/aromatic N) is 3. The molecule has 2 atom stereocenters.